The SMILES string of the molecule is COC(=O)c1ccc(C=CC(=O)N(CC#N)CC#N)cc1. The first-order valence-corrected chi connectivity index (χ1v) is 6.01. The third kappa shape index (κ3) is 4.81. The Morgan fingerprint density at radius 2 is 1.76 bits per heavy atom. The normalized spacial score (nSPS) is 9.67. The highest BCUT2D eigenvalue weighted by Crippen LogP contribution is 2.07. The van der Waals surface area contributed by atoms with Crippen molar-refractivity contribution < 1.29 is 14.3 Å². The van der Waals surface area contributed by atoms with Crippen molar-refractivity contribution in [2.45, 2.75) is 0 Å². The van der Waals surface area contributed by atoms with Crippen LogP contribution in [-0.2, 0) is 9.53 Å². The van der Waals surface area contributed by atoms with Gasteiger partial charge in [-0.2, -0.15) is 10.5 Å². The summed E-state index contributed by atoms with van der Waals surface area (Å²) in [7, 11) is 1.30. The van der Waals surface area contributed by atoms with Crippen LogP contribution in [-0.4, -0.2) is 37.0 Å². The summed E-state index contributed by atoms with van der Waals surface area (Å²) in [6, 6.07) is 10.1. The van der Waals surface area contributed by atoms with Gasteiger partial charge in [0.15, 0.2) is 0 Å². The molecule has 21 heavy (non-hydrogen) atoms. The molecule has 106 valence electrons. The number of hydrogen-bond donors (Lipinski definition) is 0. The van der Waals surface area contributed by atoms with Gasteiger partial charge in [-0.3, -0.25) is 4.79 Å². The van der Waals surface area contributed by atoms with Crippen molar-refractivity contribution >= 4 is 18.0 Å². The first-order chi connectivity index (χ1) is 10.1. The summed E-state index contributed by atoms with van der Waals surface area (Å²) in [4.78, 5) is 24.2. The molecule has 1 rings (SSSR count). The van der Waals surface area contributed by atoms with Crippen LogP contribution in [0.1, 0.15) is 15.9 Å². The van der Waals surface area contributed by atoms with E-state index in [1.54, 1.807) is 30.3 Å². The lowest BCUT2D eigenvalue weighted by atomic mass is 10.1. The molecule has 0 aromatic heterocycles. The van der Waals surface area contributed by atoms with E-state index in [4.69, 9.17) is 10.5 Å². The van der Waals surface area contributed by atoms with Crippen molar-refractivity contribution in [1.82, 2.24) is 4.90 Å². The Hall–Kier alpha value is -3.12. The fourth-order valence-corrected chi connectivity index (χ4v) is 1.50. The van der Waals surface area contributed by atoms with Gasteiger partial charge in [0.05, 0.1) is 24.8 Å². The van der Waals surface area contributed by atoms with E-state index in [0.29, 0.717) is 11.1 Å². The fraction of sp³-hybridized carbons (Fsp3) is 0.200. The van der Waals surface area contributed by atoms with Crippen LogP contribution < -0.4 is 0 Å². The Balaban J connectivity index is 2.76. The molecule has 0 saturated heterocycles. The number of rotatable bonds is 5. The minimum absolute atomic E-state index is 0.141. The van der Waals surface area contributed by atoms with Crippen molar-refractivity contribution in [3.05, 3.63) is 41.5 Å². The summed E-state index contributed by atoms with van der Waals surface area (Å²) in [5.41, 5.74) is 1.13. The zero-order valence-electron chi connectivity index (χ0n) is 11.4. The van der Waals surface area contributed by atoms with Gasteiger partial charge in [-0.1, -0.05) is 12.1 Å². The molecule has 0 saturated carbocycles. The van der Waals surface area contributed by atoms with Gasteiger partial charge in [-0.15, -0.1) is 0 Å². The Labute approximate surface area is 122 Å². The number of amides is 1. The Bertz CT molecular complexity index is 605. The molecule has 0 unspecified atom stereocenters. The van der Waals surface area contributed by atoms with Crippen LogP contribution in [0.3, 0.4) is 0 Å². The molecule has 6 heteroatoms. The molecule has 0 bridgehead atoms. The number of ether oxygens (including phenoxy) is 1. The summed E-state index contributed by atoms with van der Waals surface area (Å²) in [6.45, 7) is -0.282. The second-order valence-electron chi connectivity index (χ2n) is 3.96. The van der Waals surface area contributed by atoms with Crippen molar-refractivity contribution in [2.24, 2.45) is 0 Å². The van der Waals surface area contributed by atoms with Gasteiger partial charge in [-0.25, -0.2) is 4.79 Å². The maximum atomic E-state index is 11.8. The topological polar surface area (TPSA) is 94.2 Å². The highest BCUT2D eigenvalue weighted by molar-refractivity contribution is 5.92. The largest absolute Gasteiger partial charge is 0.465 e. The van der Waals surface area contributed by atoms with Crippen LogP contribution in [0.25, 0.3) is 6.08 Å². The van der Waals surface area contributed by atoms with Gasteiger partial charge < -0.3 is 9.64 Å². The van der Waals surface area contributed by atoms with Crippen LogP contribution in [0.4, 0.5) is 0 Å². The van der Waals surface area contributed by atoms with E-state index in [0.717, 1.165) is 4.90 Å². The Morgan fingerprint density at radius 3 is 2.24 bits per heavy atom. The molecule has 0 heterocycles. The summed E-state index contributed by atoms with van der Waals surface area (Å²) >= 11 is 0. The minimum Gasteiger partial charge on any atom is -0.465 e. The quantitative estimate of drug-likeness (QED) is 0.462. The number of esters is 1. The van der Waals surface area contributed by atoms with E-state index in [2.05, 4.69) is 4.74 Å². The number of nitrogens with zero attached hydrogens (tertiary/aromatic N) is 3. The lowest BCUT2D eigenvalue weighted by Gasteiger charge is -2.12. The average Bonchev–Trinajstić information content (AvgIpc) is 2.52. The molecule has 6 nitrogen and oxygen atoms in total. The van der Waals surface area contributed by atoms with E-state index < -0.39 is 11.9 Å². The number of carbonyl (C=O) groups is 2. The first kappa shape index (κ1) is 15.9. The van der Waals surface area contributed by atoms with Gasteiger partial charge in [-0.05, 0) is 23.8 Å². The van der Waals surface area contributed by atoms with Crippen LogP contribution in [0.15, 0.2) is 30.3 Å². The third-order valence-corrected chi connectivity index (χ3v) is 2.58. The molecule has 0 N–H and O–H groups in total. The maximum Gasteiger partial charge on any atom is 0.337 e. The molecular formula is C15H13N3O3. The maximum absolute atomic E-state index is 11.8. The third-order valence-electron chi connectivity index (χ3n) is 2.58. The Morgan fingerprint density at radius 1 is 1.19 bits per heavy atom. The van der Waals surface area contributed by atoms with Crippen LogP contribution in [0, 0.1) is 22.7 Å². The molecule has 0 aliphatic carbocycles. The zero-order chi connectivity index (χ0) is 15.7. The number of benzene rings is 1. The van der Waals surface area contributed by atoms with Crippen LogP contribution >= 0.6 is 0 Å². The lowest BCUT2D eigenvalue weighted by Crippen LogP contribution is -2.30. The highest BCUT2D eigenvalue weighted by Gasteiger charge is 2.09. The molecule has 1 aromatic rings. The molecule has 0 atom stereocenters. The molecule has 0 radical (unpaired) electrons. The van der Waals surface area contributed by atoms with Crippen molar-refractivity contribution in [3.63, 3.8) is 0 Å². The number of nitriles is 2. The van der Waals surface area contributed by atoms with Crippen molar-refractivity contribution in [1.29, 1.82) is 10.5 Å². The summed E-state index contributed by atoms with van der Waals surface area (Å²) in [5.74, 6) is -0.856. The molecule has 1 aromatic carbocycles. The molecule has 1 amide bonds. The molecular weight excluding hydrogens is 270 g/mol. The molecule has 0 spiro atoms. The molecule has 0 fully saturated rings. The van der Waals surface area contributed by atoms with E-state index >= 15 is 0 Å². The molecule has 0 aliphatic heterocycles. The highest BCUT2D eigenvalue weighted by atomic mass is 16.5. The summed E-state index contributed by atoms with van der Waals surface area (Å²) < 4.78 is 4.58. The van der Waals surface area contributed by atoms with Crippen LogP contribution in [0.5, 0.6) is 0 Å². The zero-order valence-corrected chi connectivity index (χ0v) is 11.4. The van der Waals surface area contributed by atoms with Gasteiger partial charge in [0.1, 0.15) is 13.1 Å². The fourth-order valence-electron chi connectivity index (χ4n) is 1.50. The minimum atomic E-state index is -0.434. The Kier molecular flexibility index (Phi) is 6.17. The summed E-state index contributed by atoms with van der Waals surface area (Å²) in [5, 5.41) is 17.2. The van der Waals surface area contributed by atoms with Gasteiger partial charge in [0.2, 0.25) is 5.91 Å². The number of carbonyl (C=O) groups excluding carboxylic acids is 2. The second kappa shape index (κ2) is 8.13. The van der Waals surface area contributed by atoms with Gasteiger partial charge in [0, 0.05) is 6.08 Å². The smallest absolute Gasteiger partial charge is 0.337 e. The predicted octanol–water partition coefficient (Wildman–Crippen LogP) is 1.36. The van der Waals surface area contributed by atoms with Gasteiger partial charge in [0.25, 0.3) is 0 Å². The monoisotopic (exact) mass is 283 g/mol. The average molecular weight is 283 g/mol. The number of methoxy groups -OCH3 is 1. The predicted molar refractivity (Wildman–Crippen MR) is 74.6 cm³/mol. The van der Waals surface area contributed by atoms with Crippen molar-refractivity contribution in [2.75, 3.05) is 20.2 Å². The van der Waals surface area contributed by atoms with E-state index in [-0.39, 0.29) is 13.1 Å². The van der Waals surface area contributed by atoms with Crippen molar-refractivity contribution in [3.8, 4) is 12.1 Å². The standard InChI is InChI=1S/C15H13N3O3/c1-21-15(20)13-5-2-12(3-6-13)4-7-14(19)18(10-8-16)11-9-17/h2-7H,10-11H2,1H3. The van der Waals surface area contributed by atoms with E-state index in [1.165, 1.54) is 13.2 Å². The molecule has 0 aliphatic rings. The van der Waals surface area contributed by atoms with E-state index in [1.807, 2.05) is 12.1 Å². The second-order valence-corrected chi connectivity index (χ2v) is 3.96. The first-order valence-electron chi connectivity index (χ1n) is 6.01. The van der Waals surface area contributed by atoms with Gasteiger partial charge >= 0.3 is 5.97 Å². The van der Waals surface area contributed by atoms with Crippen LogP contribution in [0.2, 0.25) is 0 Å². The number of hydrogen-bond acceptors (Lipinski definition) is 5. The lowest BCUT2D eigenvalue weighted by molar-refractivity contribution is -0.124. The van der Waals surface area contributed by atoms with E-state index in [9.17, 15) is 9.59 Å². The summed E-state index contributed by atoms with van der Waals surface area (Å²) in [6.07, 6.45) is 2.83.